The van der Waals surface area contributed by atoms with Gasteiger partial charge in [-0.1, -0.05) is 30.3 Å². The maximum Gasteiger partial charge on any atom is 0.237 e. The van der Waals surface area contributed by atoms with Crippen LogP contribution in [-0.2, 0) is 15.8 Å². The molecule has 5 rings (SSSR count). The molecule has 41 heavy (non-hydrogen) atoms. The summed E-state index contributed by atoms with van der Waals surface area (Å²) in [5.74, 6) is -6.27. The first-order chi connectivity index (χ1) is 19.7. The highest BCUT2D eigenvalue weighted by atomic mass is 32.2. The molecular formula is C27H24F4N6O3S. The van der Waals surface area contributed by atoms with Crippen LogP contribution in [0.3, 0.4) is 0 Å². The lowest BCUT2D eigenvalue weighted by molar-refractivity contribution is 0.254. The van der Waals surface area contributed by atoms with E-state index in [0.717, 1.165) is 0 Å². The molecule has 2 aromatic heterocycles. The molecule has 0 aliphatic carbocycles. The number of anilines is 2. The summed E-state index contributed by atoms with van der Waals surface area (Å²) in [5, 5.41) is 6.02. The van der Waals surface area contributed by atoms with E-state index in [1.54, 1.807) is 35.1 Å². The Labute approximate surface area is 233 Å². The van der Waals surface area contributed by atoms with Gasteiger partial charge in [0, 0.05) is 44.0 Å². The highest BCUT2D eigenvalue weighted by Gasteiger charge is 2.26. The van der Waals surface area contributed by atoms with Crippen LogP contribution in [-0.4, -0.2) is 48.7 Å². The molecule has 1 saturated heterocycles. The van der Waals surface area contributed by atoms with E-state index in [-0.39, 0.29) is 42.1 Å². The Morgan fingerprint density at radius 1 is 0.976 bits per heavy atom. The number of nitrogens with one attached hydrogen (secondary N) is 3. The minimum atomic E-state index is -4.28. The summed E-state index contributed by atoms with van der Waals surface area (Å²) in [4.78, 5) is 12.6. The van der Waals surface area contributed by atoms with E-state index in [4.69, 9.17) is 4.74 Å². The number of rotatable bonds is 9. The quantitative estimate of drug-likeness (QED) is 0.189. The van der Waals surface area contributed by atoms with Gasteiger partial charge in [-0.2, -0.15) is 4.39 Å². The smallest absolute Gasteiger partial charge is 0.237 e. The zero-order chi connectivity index (χ0) is 29.0. The second kappa shape index (κ2) is 12.1. The number of sulfonamides is 1. The van der Waals surface area contributed by atoms with Crippen molar-refractivity contribution in [2.75, 3.05) is 23.1 Å². The number of hydrogen-bond acceptors (Lipinski definition) is 8. The van der Waals surface area contributed by atoms with E-state index >= 15 is 4.39 Å². The number of alkyl halides is 1. The van der Waals surface area contributed by atoms with Crippen LogP contribution in [0.5, 0.6) is 11.6 Å². The van der Waals surface area contributed by atoms with Crippen LogP contribution in [0.2, 0.25) is 0 Å². The van der Waals surface area contributed by atoms with Crippen molar-refractivity contribution < 1.29 is 30.7 Å². The number of benzene rings is 2. The van der Waals surface area contributed by atoms with Gasteiger partial charge in [0.15, 0.2) is 17.4 Å². The van der Waals surface area contributed by atoms with Crippen LogP contribution in [0.15, 0.2) is 67.0 Å². The molecular weight excluding hydrogens is 564 g/mol. The van der Waals surface area contributed by atoms with Crippen LogP contribution in [0.4, 0.5) is 29.2 Å². The molecule has 0 unspecified atom stereocenters. The van der Waals surface area contributed by atoms with Gasteiger partial charge in [-0.05, 0) is 23.8 Å². The maximum atomic E-state index is 15.0. The molecule has 1 aliphatic heterocycles. The molecule has 14 heteroatoms. The summed E-state index contributed by atoms with van der Waals surface area (Å²) in [5.41, 5.74) is -0.269. The van der Waals surface area contributed by atoms with Crippen LogP contribution in [0, 0.1) is 17.5 Å². The molecule has 0 spiro atoms. The minimum absolute atomic E-state index is 0.202. The number of hydrogen-bond donors (Lipinski definition) is 3. The maximum absolute atomic E-state index is 15.0. The van der Waals surface area contributed by atoms with Crippen molar-refractivity contribution in [1.82, 2.24) is 20.3 Å². The van der Waals surface area contributed by atoms with Gasteiger partial charge in [-0.25, -0.2) is 36.5 Å². The zero-order valence-electron chi connectivity index (χ0n) is 21.3. The Morgan fingerprint density at radius 3 is 2.56 bits per heavy atom. The fraction of sp³-hybridized carbons (Fsp3) is 0.222. The first-order valence-electron chi connectivity index (χ1n) is 12.5. The Hall–Kier alpha value is -4.30. The van der Waals surface area contributed by atoms with Gasteiger partial charge < -0.3 is 15.4 Å². The highest BCUT2D eigenvalue weighted by Crippen LogP contribution is 2.36. The van der Waals surface area contributed by atoms with Crippen molar-refractivity contribution in [3.05, 3.63) is 90.0 Å². The average molecular weight is 589 g/mol. The third-order valence-corrected chi connectivity index (χ3v) is 7.35. The van der Waals surface area contributed by atoms with Crippen LogP contribution < -0.4 is 20.1 Å². The number of halogens is 4. The third kappa shape index (κ3) is 6.89. The van der Waals surface area contributed by atoms with Crippen molar-refractivity contribution in [2.45, 2.75) is 24.4 Å². The van der Waals surface area contributed by atoms with Crippen molar-refractivity contribution in [2.24, 2.45) is 0 Å². The van der Waals surface area contributed by atoms with Gasteiger partial charge in [-0.15, -0.1) is 0 Å². The molecule has 0 bridgehead atoms. The van der Waals surface area contributed by atoms with Gasteiger partial charge in [0.1, 0.15) is 11.9 Å². The molecule has 1 aliphatic rings. The molecule has 0 amide bonds. The van der Waals surface area contributed by atoms with E-state index in [0.29, 0.717) is 18.2 Å². The fourth-order valence-corrected chi connectivity index (χ4v) is 5.46. The van der Waals surface area contributed by atoms with Crippen molar-refractivity contribution in [3.63, 3.8) is 0 Å². The Morgan fingerprint density at radius 2 is 1.78 bits per heavy atom. The Kier molecular flexibility index (Phi) is 8.31. The molecule has 0 radical (unpaired) electrons. The highest BCUT2D eigenvalue weighted by molar-refractivity contribution is 7.91. The van der Waals surface area contributed by atoms with Gasteiger partial charge in [0.05, 0.1) is 17.0 Å². The van der Waals surface area contributed by atoms with E-state index in [1.165, 1.54) is 30.6 Å². The summed E-state index contributed by atoms with van der Waals surface area (Å²) in [7, 11) is -4.28. The fourth-order valence-electron chi connectivity index (χ4n) is 4.26. The van der Waals surface area contributed by atoms with Gasteiger partial charge in [0.2, 0.25) is 27.7 Å². The Bertz CT molecular complexity index is 1650. The predicted octanol–water partition coefficient (Wildman–Crippen LogP) is 4.80. The van der Waals surface area contributed by atoms with Gasteiger partial charge >= 0.3 is 0 Å². The monoisotopic (exact) mass is 588 g/mol. The van der Waals surface area contributed by atoms with E-state index in [9.17, 15) is 21.6 Å². The largest absolute Gasteiger partial charge is 0.435 e. The first-order valence-corrected chi connectivity index (χ1v) is 14.1. The van der Waals surface area contributed by atoms with E-state index < -0.39 is 50.8 Å². The summed E-state index contributed by atoms with van der Waals surface area (Å²) < 4.78 is 90.8. The molecule has 3 heterocycles. The van der Waals surface area contributed by atoms with Crippen molar-refractivity contribution >= 4 is 21.7 Å². The number of pyridine rings is 1. The van der Waals surface area contributed by atoms with Crippen LogP contribution in [0.1, 0.15) is 12.0 Å². The lowest BCUT2D eigenvalue weighted by Crippen LogP contribution is -2.44. The van der Waals surface area contributed by atoms with Gasteiger partial charge in [0.25, 0.3) is 0 Å². The molecule has 2 aromatic carbocycles. The minimum Gasteiger partial charge on any atom is -0.435 e. The summed E-state index contributed by atoms with van der Waals surface area (Å²) in [6, 6.07) is 12.8. The lowest BCUT2D eigenvalue weighted by Gasteiger charge is -2.26. The molecule has 0 saturated carbocycles. The first kappa shape index (κ1) is 28.2. The SMILES string of the molecule is O=S(=O)(Cc1ccccc1)Nc1c(F)cc(Oc2ncccc2-c2ccnc(N[C@H]3CNC[C@H](F)C3)n2)c(F)c1F. The van der Waals surface area contributed by atoms with Crippen LogP contribution in [0.25, 0.3) is 11.3 Å². The second-order valence-electron chi connectivity index (χ2n) is 9.26. The number of nitrogens with zero attached hydrogens (tertiary/aromatic N) is 3. The molecule has 2 atom stereocenters. The van der Waals surface area contributed by atoms with Crippen molar-refractivity contribution in [3.8, 4) is 22.9 Å². The summed E-state index contributed by atoms with van der Waals surface area (Å²) >= 11 is 0. The predicted molar refractivity (Wildman–Crippen MR) is 144 cm³/mol. The molecule has 3 N–H and O–H groups in total. The summed E-state index contributed by atoms with van der Waals surface area (Å²) in [6.45, 7) is 0.790. The number of aromatic nitrogens is 3. The molecule has 214 valence electrons. The number of ether oxygens (including phenoxy) is 1. The third-order valence-electron chi connectivity index (χ3n) is 6.12. The van der Waals surface area contributed by atoms with E-state index in [2.05, 4.69) is 25.6 Å². The van der Waals surface area contributed by atoms with Crippen LogP contribution >= 0.6 is 0 Å². The summed E-state index contributed by atoms with van der Waals surface area (Å²) in [6.07, 6.45) is 2.03. The normalized spacial score (nSPS) is 17.2. The zero-order valence-corrected chi connectivity index (χ0v) is 22.1. The molecule has 4 aromatic rings. The van der Waals surface area contributed by atoms with E-state index in [1.807, 2.05) is 0 Å². The standard InChI is InChI=1S/C27H24F4N6O3S/c28-17-11-18(14-32-13-17)35-27-34-10-8-21(36-27)19-7-4-9-33-26(19)40-22-12-20(29)25(24(31)23(22)30)37-41(38,39)15-16-5-2-1-3-6-16/h1-10,12,17-18,32,37H,11,13-15H2,(H,34,35,36)/t17-,18-/m1/s1. The Balaban J connectivity index is 1.38. The average Bonchev–Trinajstić information content (AvgIpc) is 2.95. The lowest BCUT2D eigenvalue weighted by atomic mass is 10.1. The second-order valence-corrected chi connectivity index (χ2v) is 11.0. The van der Waals surface area contributed by atoms with Crippen molar-refractivity contribution in [1.29, 1.82) is 0 Å². The molecule has 1 fully saturated rings. The topological polar surface area (TPSA) is 118 Å². The molecule has 9 nitrogen and oxygen atoms in total. The number of piperidine rings is 1. The van der Waals surface area contributed by atoms with Gasteiger partial charge in [-0.3, -0.25) is 4.72 Å².